The van der Waals surface area contributed by atoms with E-state index in [1.54, 1.807) is 18.2 Å². The van der Waals surface area contributed by atoms with E-state index in [4.69, 9.17) is 9.47 Å². The van der Waals surface area contributed by atoms with Gasteiger partial charge in [0.2, 0.25) is 12.7 Å². The molecule has 2 aliphatic heterocycles. The molecule has 112 valence electrons. The second-order valence-electron chi connectivity index (χ2n) is 5.16. The van der Waals surface area contributed by atoms with Crippen LogP contribution >= 0.6 is 0 Å². The molecule has 1 aromatic rings. The number of nitrogens with one attached hydrogen (secondary N) is 1. The van der Waals surface area contributed by atoms with Crippen molar-refractivity contribution in [3.63, 3.8) is 0 Å². The van der Waals surface area contributed by atoms with Crippen LogP contribution in [0.1, 0.15) is 29.6 Å². The summed E-state index contributed by atoms with van der Waals surface area (Å²) >= 11 is 0. The minimum atomic E-state index is -0.169. The highest BCUT2D eigenvalue weighted by molar-refractivity contribution is 5.95. The third-order valence-electron chi connectivity index (χ3n) is 3.72. The van der Waals surface area contributed by atoms with Gasteiger partial charge in [0.05, 0.1) is 0 Å². The fourth-order valence-corrected chi connectivity index (χ4v) is 2.54. The number of carbonyl (C=O) groups excluding carboxylic acids is 2. The molecular weight excluding hydrogens is 272 g/mol. The van der Waals surface area contributed by atoms with E-state index in [0.29, 0.717) is 36.6 Å². The highest BCUT2D eigenvalue weighted by atomic mass is 16.7. The molecule has 21 heavy (non-hydrogen) atoms. The molecule has 0 aliphatic carbocycles. The van der Waals surface area contributed by atoms with E-state index in [1.165, 1.54) is 0 Å². The highest BCUT2D eigenvalue weighted by Gasteiger charge is 2.18. The molecule has 0 aromatic heterocycles. The number of fused-ring (bicyclic) bond motifs is 1. The quantitative estimate of drug-likeness (QED) is 0.903. The summed E-state index contributed by atoms with van der Waals surface area (Å²) in [5, 5.41) is 2.83. The lowest BCUT2D eigenvalue weighted by molar-refractivity contribution is -0.133. The van der Waals surface area contributed by atoms with Crippen LogP contribution in [0.5, 0.6) is 11.5 Å². The average molecular weight is 290 g/mol. The summed E-state index contributed by atoms with van der Waals surface area (Å²) < 4.78 is 10.5. The molecule has 6 heteroatoms. The van der Waals surface area contributed by atoms with E-state index < -0.39 is 0 Å². The monoisotopic (exact) mass is 290 g/mol. The molecule has 1 fully saturated rings. The molecule has 1 aromatic carbocycles. The van der Waals surface area contributed by atoms with Gasteiger partial charge in [-0.05, 0) is 31.0 Å². The maximum absolute atomic E-state index is 12.1. The Hall–Kier alpha value is -2.24. The number of amides is 2. The van der Waals surface area contributed by atoms with E-state index in [2.05, 4.69) is 5.32 Å². The second-order valence-corrected chi connectivity index (χ2v) is 5.16. The van der Waals surface area contributed by atoms with Crippen molar-refractivity contribution < 1.29 is 19.1 Å². The molecule has 0 unspecified atom stereocenters. The standard InChI is InChI=1S/C15H18N2O4/c18-14-3-1-2-7-17(14)8-6-16-15(19)11-4-5-12-13(9-11)21-10-20-12/h4-5,9H,1-3,6-8,10H2,(H,16,19). The average Bonchev–Trinajstić information content (AvgIpc) is 2.96. The van der Waals surface area contributed by atoms with E-state index >= 15 is 0 Å². The lowest BCUT2D eigenvalue weighted by Gasteiger charge is -2.26. The van der Waals surface area contributed by atoms with Gasteiger partial charge in [0.15, 0.2) is 11.5 Å². The van der Waals surface area contributed by atoms with Gasteiger partial charge >= 0.3 is 0 Å². The first-order valence-electron chi connectivity index (χ1n) is 7.20. The Morgan fingerprint density at radius 3 is 2.95 bits per heavy atom. The summed E-state index contributed by atoms with van der Waals surface area (Å²) in [5.41, 5.74) is 0.532. The van der Waals surface area contributed by atoms with Gasteiger partial charge in [0.1, 0.15) is 0 Å². The maximum atomic E-state index is 12.1. The molecule has 1 N–H and O–H groups in total. The smallest absolute Gasteiger partial charge is 0.251 e. The Balaban J connectivity index is 1.51. The minimum absolute atomic E-state index is 0.169. The van der Waals surface area contributed by atoms with Crippen molar-refractivity contribution >= 4 is 11.8 Å². The summed E-state index contributed by atoms with van der Waals surface area (Å²) in [6.07, 6.45) is 2.64. The van der Waals surface area contributed by atoms with Gasteiger partial charge in [0.25, 0.3) is 5.91 Å². The van der Waals surface area contributed by atoms with Crippen molar-refractivity contribution in [1.29, 1.82) is 0 Å². The van der Waals surface area contributed by atoms with E-state index in [9.17, 15) is 9.59 Å². The Bertz CT molecular complexity index is 559. The Labute approximate surface area is 123 Å². The van der Waals surface area contributed by atoms with Gasteiger partial charge in [-0.3, -0.25) is 9.59 Å². The lowest BCUT2D eigenvalue weighted by atomic mass is 10.1. The van der Waals surface area contributed by atoms with Gasteiger partial charge in [-0.15, -0.1) is 0 Å². The summed E-state index contributed by atoms with van der Waals surface area (Å²) in [6.45, 7) is 2.00. The number of benzene rings is 1. The Morgan fingerprint density at radius 1 is 1.24 bits per heavy atom. The normalized spacial score (nSPS) is 17.0. The second kappa shape index (κ2) is 6.03. The Morgan fingerprint density at radius 2 is 2.10 bits per heavy atom. The molecule has 0 spiro atoms. The van der Waals surface area contributed by atoms with Gasteiger partial charge in [-0.25, -0.2) is 0 Å². The van der Waals surface area contributed by atoms with E-state index in [0.717, 1.165) is 19.4 Å². The molecule has 1 saturated heterocycles. The number of nitrogens with zero attached hydrogens (tertiary/aromatic N) is 1. The number of likely N-dealkylation sites (tertiary alicyclic amines) is 1. The molecule has 0 saturated carbocycles. The zero-order valence-electron chi connectivity index (χ0n) is 11.8. The van der Waals surface area contributed by atoms with E-state index in [1.807, 2.05) is 4.90 Å². The number of rotatable bonds is 4. The molecule has 0 atom stereocenters. The Kier molecular flexibility index (Phi) is 3.94. The van der Waals surface area contributed by atoms with E-state index in [-0.39, 0.29) is 18.6 Å². The molecule has 2 aliphatic rings. The number of ether oxygens (including phenoxy) is 2. The zero-order chi connectivity index (χ0) is 14.7. The lowest BCUT2D eigenvalue weighted by Crippen LogP contribution is -2.41. The number of piperidine rings is 1. The maximum Gasteiger partial charge on any atom is 0.251 e. The predicted molar refractivity (Wildman–Crippen MR) is 75.3 cm³/mol. The van der Waals surface area contributed by atoms with Crippen LogP contribution in [0.2, 0.25) is 0 Å². The largest absolute Gasteiger partial charge is 0.454 e. The first kappa shape index (κ1) is 13.7. The van der Waals surface area contributed by atoms with Crippen LogP contribution in [-0.4, -0.2) is 43.1 Å². The number of hydrogen-bond donors (Lipinski definition) is 1. The SMILES string of the molecule is O=C(NCCN1CCCCC1=O)c1ccc2c(c1)OCO2. The van der Waals surface area contributed by atoms with Crippen molar-refractivity contribution in [2.24, 2.45) is 0 Å². The number of hydrogen-bond acceptors (Lipinski definition) is 4. The van der Waals surface area contributed by atoms with Crippen LogP contribution in [0.4, 0.5) is 0 Å². The molecule has 0 radical (unpaired) electrons. The molecule has 0 bridgehead atoms. The van der Waals surface area contributed by atoms with Crippen LogP contribution < -0.4 is 14.8 Å². The van der Waals surface area contributed by atoms with Crippen LogP contribution in [-0.2, 0) is 4.79 Å². The molecule has 2 amide bonds. The fraction of sp³-hybridized carbons (Fsp3) is 0.467. The van der Waals surface area contributed by atoms with Gasteiger partial charge in [-0.2, -0.15) is 0 Å². The summed E-state index contributed by atoms with van der Waals surface area (Å²) in [7, 11) is 0. The predicted octanol–water partition coefficient (Wildman–Crippen LogP) is 1.16. The minimum Gasteiger partial charge on any atom is -0.454 e. The molecule has 6 nitrogen and oxygen atoms in total. The highest BCUT2D eigenvalue weighted by Crippen LogP contribution is 2.32. The molecule has 2 heterocycles. The van der Waals surface area contributed by atoms with Crippen molar-refractivity contribution in [1.82, 2.24) is 10.2 Å². The fourth-order valence-electron chi connectivity index (χ4n) is 2.54. The summed E-state index contributed by atoms with van der Waals surface area (Å²) in [5.74, 6) is 1.26. The van der Waals surface area contributed by atoms with Crippen LogP contribution in [0.3, 0.4) is 0 Å². The summed E-state index contributed by atoms with van der Waals surface area (Å²) in [6, 6.07) is 5.10. The van der Waals surface area contributed by atoms with Gasteiger partial charge < -0.3 is 19.7 Å². The van der Waals surface area contributed by atoms with Crippen LogP contribution in [0, 0.1) is 0 Å². The first-order valence-corrected chi connectivity index (χ1v) is 7.20. The first-order chi connectivity index (χ1) is 10.2. The van der Waals surface area contributed by atoms with Crippen LogP contribution in [0.25, 0.3) is 0 Å². The van der Waals surface area contributed by atoms with Crippen molar-refractivity contribution in [2.75, 3.05) is 26.4 Å². The van der Waals surface area contributed by atoms with Crippen LogP contribution in [0.15, 0.2) is 18.2 Å². The zero-order valence-corrected chi connectivity index (χ0v) is 11.8. The van der Waals surface area contributed by atoms with Crippen molar-refractivity contribution in [3.8, 4) is 11.5 Å². The third-order valence-corrected chi connectivity index (χ3v) is 3.72. The third kappa shape index (κ3) is 3.09. The molecule has 3 rings (SSSR count). The molecular formula is C15H18N2O4. The summed E-state index contributed by atoms with van der Waals surface area (Å²) in [4.78, 5) is 25.5. The topological polar surface area (TPSA) is 67.9 Å². The van der Waals surface area contributed by atoms with Gasteiger partial charge in [-0.1, -0.05) is 0 Å². The number of carbonyl (C=O) groups is 2. The van der Waals surface area contributed by atoms with Gasteiger partial charge in [0, 0.05) is 31.6 Å². The van der Waals surface area contributed by atoms with Crippen molar-refractivity contribution in [2.45, 2.75) is 19.3 Å². The van der Waals surface area contributed by atoms with Crippen molar-refractivity contribution in [3.05, 3.63) is 23.8 Å².